The van der Waals surface area contributed by atoms with Crippen molar-refractivity contribution < 1.29 is 4.92 Å². The molecule has 1 N–H and O–H groups in total. The Morgan fingerprint density at radius 1 is 1.10 bits per heavy atom. The lowest BCUT2D eigenvalue weighted by Crippen LogP contribution is -2.13. The lowest BCUT2D eigenvalue weighted by atomic mass is 10.2. The zero-order valence-corrected chi connectivity index (χ0v) is 13.6. The molecule has 0 saturated heterocycles. The minimum atomic E-state index is -0.387. The highest BCUT2D eigenvalue weighted by Crippen LogP contribution is 2.21. The molecule has 0 spiro atoms. The van der Waals surface area contributed by atoms with Crippen LogP contribution >= 0.6 is 31.9 Å². The van der Waals surface area contributed by atoms with Gasteiger partial charge >= 0.3 is 0 Å². The maximum Gasteiger partial charge on any atom is 0.270 e. The van der Waals surface area contributed by atoms with Crippen LogP contribution in [-0.2, 0) is 13.1 Å². The molecule has 0 aromatic heterocycles. The van der Waals surface area contributed by atoms with Gasteiger partial charge in [0.15, 0.2) is 0 Å². The number of benzene rings is 2. The average Bonchev–Trinajstić information content (AvgIpc) is 2.40. The Morgan fingerprint density at radius 2 is 1.85 bits per heavy atom. The summed E-state index contributed by atoms with van der Waals surface area (Å²) in [7, 11) is 0. The van der Waals surface area contributed by atoms with E-state index in [1.165, 1.54) is 6.07 Å². The van der Waals surface area contributed by atoms with Gasteiger partial charge in [0.1, 0.15) is 0 Å². The number of nitro benzene ring substituents is 1. The molecule has 2 rings (SSSR count). The van der Waals surface area contributed by atoms with Gasteiger partial charge in [-0.05, 0) is 23.3 Å². The summed E-state index contributed by atoms with van der Waals surface area (Å²) in [5, 5.41) is 14.1. The Bertz CT molecular complexity index is 632. The first kappa shape index (κ1) is 15.2. The van der Waals surface area contributed by atoms with E-state index in [-0.39, 0.29) is 10.6 Å². The van der Waals surface area contributed by atoms with Gasteiger partial charge in [-0.3, -0.25) is 10.1 Å². The Kier molecular flexibility index (Phi) is 5.28. The van der Waals surface area contributed by atoms with Crippen LogP contribution in [0.25, 0.3) is 0 Å². The molecule has 0 fully saturated rings. The van der Waals surface area contributed by atoms with Crippen molar-refractivity contribution in [3.63, 3.8) is 0 Å². The Balaban J connectivity index is 2.01. The number of nitrogens with zero attached hydrogens (tertiary/aromatic N) is 1. The second-order valence-corrected chi connectivity index (χ2v) is 6.04. The highest BCUT2D eigenvalue weighted by molar-refractivity contribution is 9.10. The number of nitro groups is 1. The second-order valence-electron chi connectivity index (χ2n) is 4.27. The fourth-order valence-electron chi connectivity index (χ4n) is 1.82. The van der Waals surface area contributed by atoms with E-state index >= 15 is 0 Å². The topological polar surface area (TPSA) is 55.2 Å². The smallest absolute Gasteiger partial charge is 0.270 e. The van der Waals surface area contributed by atoms with Gasteiger partial charge in [0.05, 0.1) is 4.92 Å². The van der Waals surface area contributed by atoms with Crippen molar-refractivity contribution >= 4 is 37.5 Å². The average molecular weight is 400 g/mol. The fourth-order valence-corrected chi connectivity index (χ4v) is 2.78. The minimum absolute atomic E-state index is 0.0945. The van der Waals surface area contributed by atoms with Crippen LogP contribution in [0.1, 0.15) is 11.1 Å². The van der Waals surface area contributed by atoms with Crippen molar-refractivity contribution in [1.29, 1.82) is 0 Å². The first-order chi connectivity index (χ1) is 9.56. The zero-order chi connectivity index (χ0) is 14.5. The molecular formula is C14H12Br2N2O2. The van der Waals surface area contributed by atoms with Crippen molar-refractivity contribution in [2.45, 2.75) is 13.1 Å². The molecule has 0 aliphatic carbocycles. The van der Waals surface area contributed by atoms with Gasteiger partial charge in [0.2, 0.25) is 0 Å². The standard InChI is InChI=1S/C14H12Br2N2O2/c15-12-5-10(6-13(7-12)18(19)20)8-17-9-11-3-1-2-4-14(11)16/h1-7,17H,8-9H2. The van der Waals surface area contributed by atoms with Crippen LogP contribution in [0.5, 0.6) is 0 Å². The summed E-state index contributed by atoms with van der Waals surface area (Å²) >= 11 is 6.78. The first-order valence-corrected chi connectivity index (χ1v) is 7.53. The molecule has 4 nitrogen and oxygen atoms in total. The molecular weight excluding hydrogens is 388 g/mol. The van der Waals surface area contributed by atoms with Gasteiger partial charge in [-0.2, -0.15) is 0 Å². The molecule has 2 aromatic carbocycles. The maximum atomic E-state index is 10.8. The van der Waals surface area contributed by atoms with Gasteiger partial charge in [0.25, 0.3) is 5.69 Å². The van der Waals surface area contributed by atoms with E-state index in [0.717, 1.165) is 15.6 Å². The molecule has 0 radical (unpaired) electrons. The Hall–Kier alpha value is -1.24. The minimum Gasteiger partial charge on any atom is -0.309 e. The Morgan fingerprint density at radius 3 is 2.55 bits per heavy atom. The van der Waals surface area contributed by atoms with E-state index in [2.05, 4.69) is 37.2 Å². The molecule has 0 heterocycles. The van der Waals surface area contributed by atoms with Crippen molar-refractivity contribution in [1.82, 2.24) is 5.32 Å². The molecule has 0 saturated carbocycles. The number of nitrogens with one attached hydrogen (secondary N) is 1. The van der Waals surface area contributed by atoms with E-state index in [4.69, 9.17) is 0 Å². The van der Waals surface area contributed by atoms with E-state index in [1.807, 2.05) is 30.3 Å². The van der Waals surface area contributed by atoms with Crippen LogP contribution in [-0.4, -0.2) is 4.92 Å². The van der Waals surface area contributed by atoms with Crippen molar-refractivity contribution in [2.24, 2.45) is 0 Å². The summed E-state index contributed by atoms with van der Waals surface area (Å²) in [6.07, 6.45) is 0. The summed E-state index contributed by atoms with van der Waals surface area (Å²) in [5.41, 5.74) is 2.12. The summed E-state index contributed by atoms with van der Waals surface area (Å²) < 4.78 is 1.76. The molecule has 6 heteroatoms. The van der Waals surface area contributed by atoms with Crippen molar-refractivity contribution in [3.8, 4) is 0 Å². The molecule has 104 valence electrons. The second kappa shape index (κ2) is 6.97. The predicted molar refractivity (Wildman–Crippen MR) is 85.5 cm³/mol. The van der Waals surface area contributed by atoms with Gasteiger partial charge in [-0.15, -0.1) is 0 Å². The van der Waals surface area contributed by atoms with Crippen LogP contribution in [0.4, 0.5) is 5.69 Å². The number of non-ortho nitro benzene ring substituents is 1. The van der Waals surface area contributed by atoms with E-state index in [9.17, 15) is 10.1 Å². The summed E-state index contributed by atoms with van der Waals surface area (Å²) in [6, 6.07) is 12.9. The number of rotatable bonds is 5. The molecule has 0 aliphatic rings. The highest BCUT2D eigenvalue weighted by atomic mass is 79.9. The first-order valence-electron chi connectivity index (χ1n) is 5.94. The third-order valence-electron chi connectivity index (χ3n) is 2.76. The van der Waals surface area contributed by atoms with E-state index in [0.29, 0.717) is 17.6 Å². The van der Waals surface area contributed by atoms with Gasteiger partial charge in [-0.1, -0.05) is 50.1 Å². The fraction of sp³-hybridized carbons (Fsp3) is 0.143. The van der Waals surface area contributed by atoms with Gasteiger partial charge in [0, 0.05) is 34.2 Å². The molecule has 0 aliphatic heterocycles. The normalized spacial score (nSPS) is 10.5. The summed E-state index contributed by atoms with van der Waals surface area (Å²) in [6.45, 7) is 1.27. The van der Waals surface area contributed by atoms with Crippen molar-refractivity contribution in [3.05, 3.63) is 72.7 Å². The monoisotopic (exact) mass is 398 g/mol. The summed E-state index contributed by atoms with van der Waals surface area (Å²) in [5.74, 6) is 0. The predicted octanol–water partition coefficient (Wildman–Crippen LogP) is 4.41. The quantitative estimate of drug-likeness (QED) is 0.598. The van der Waals surface area contributed by atoms with Crippen LogP contribution < -0.4 is 5.32 Å². The third-order valence-corrected chi connectivity index (χ3v) is 3.99. The van der Waals surface area contributed by atoms with Gasteiger partial charge in [-0.25, -0.2) is 0 Å². The molecule has 0 amide bonds. The molecule has 0 bridgehead atoms. The molecule has 2 aromatic rings. The lowest BCUT2D eigenvalue weighted by Gasteiger charge is -2.07. The Labute approximate surface area is 133 Å². The number of hydrogen-bond acceptors (Lipinski definition) is 3. The molecule has 0 atom stereocenters. The lowest BCUT2D eigenvalue weighted by molar-refractivity contribution is -0.385. The molecule has 0 unspecified atom stereocenters. The largest absolute Gasteiger partial charge is 0.309 e. The van der Waals surface area contributed by atoms with Crippen LogP contribution in [0.3, 0.4) is 0 Å². The van der Waals surface area contributed by atoms with Crippen LogP contribution in [0.2, 0.25) is 0 Å². The van der Waals surface area contributed by atoms with E-state index in [1.54, 1.807) is 6.07 Å². The molecule has 20 heavy (non-hydrogen) atoms. The highest BCUT2D eigenvalue weighted by Gasteiger charge is 2.08. The SMILES string of the molecule is O=[N+]([O-])c1cc(Br)cc(CNCc2ccccc2Br)c1. The van der Waals surface area contributed by atoms with Crippen molar-refractivity contribution in [2.75, 3.05) is 0 Å². The zero-order valence-electron chi connectivity index (χ0n) is 10.5. The van der Waals surface area contributed by atoms with Crippen LogP contribution in [0.15, 0.2) is 51.4 Å². The van der Waals surface area contributed by atoms with E-state index < -0.39 is 0 Å². The van der Waals surface area contributed by atoms with Gasteiger partial charge < -0.3 is 5.32 Å². The van der Waals surface area contributed by atoms with Crippen LogP contribution in [0, 0.1) is 10.1 Å². The number of halogens is 2. The maximum absolute atomic E-state index is 10.8. The summed E-state index contributed by atoms with van der Waals surface area (Å²) in [4.78, 5) is 10.4. The third kappa shape index (κ3) is 4.13. The number of hydrogen-bond donors (Lipinski definition) is 1.